The minimum Gasteiger partial charge on any atom is -0.506 e. The summed E-state index contributed by atoms with van der Waals surface area (Å²) in [4.78, 5) is 4.12. The molecular formula is C13H18N4O. The summed E-state index contributed by atoms with van der Waals surface area (Å²) in [6.45, 7) is 3.56. The van der Waals surface area contributed by atoms with Crippen LogP contribution in [0.3, 0.4) is 0 Å². The highest BCUT2D eigenvalue weighted by Gasteiger charge is 2.05. The zero-order valence-electron chi connectivity index (χ0n) is 10.7. The summed E-state index contributed by atoms with van der Waals surface area (Å²) < 4.78 is 1.84. The lowest BCUT2D eigenvalue weighted by Crippen LogP contribution is -2.14. The van der Waals surface area contributed by atoms with Gasteiger partial charge in [0.05, 0.1) is 17.6 Å². The Morgan fingerprint density at radius 2 is 2.17 bits per heavy atom. The molecule has 0 radical (unpaired) electrons. The number of rotatable bonds is 5. The maximum Gasteiger partial charge on any atom is 0.133 e. The molecule has 5 nitrogen and oxygen atoms in total. The minimum absolute atomic E-state index is 0.194. The average Bonchev–Trinajstić information content (AvgIpc) is 2.72. The summed E-state index contributed by atoms with van der Waals surface area (Å²) in [5, 5.41) is 16.9. The smallest absolute Gasteiger partial charge is 0.133 e. The van der Waals surface area contributed by atoms with Gasteiger partial charge in [0, 0.05) is 31.9 Å². The van der Waals surface area contributed by atoms with E-state index in [1.165, 1.54) is 11.8 Å². The Morgan fingerprint density at radius 1 is 1.33 bits per heavy atom. The molecule has 0 fully saturated rings. The van der Waals surface area contributed by atoms with Crippen molar-refractivity contribution in [2.45, 2.75) is 26.4 Å². The summed E-state index contributed by atoms with van der Waals surface area (Å²) in [6, 6.07) is 3.46. The maximum absolute atomic E-state index is 9.14. The summed E-state index contributed by atoms with van der Waals surface area (Å²) >= 11 is 0. The van der Waals surface area contributed by atoms with Crippen molar-refractivity contribution in [3.8, 4) is 5.75 Å². The SMILES string of the molecule is CCc1nn(C)cc1CNCc1ccc(O)cn1. The molecule has 0 bridgehead atoms. The molecule has 0 unspecified atom stereocenters. The van der Waals surface area contributed by atoms with E-state index >= 15 is 0 Å². The first kappa shape index (κ1) is 12.6. The van der Waals surface area contributed by atoms with Crippen LogP contribution >= 0.6 is 0 Å². The van der Waals surface area contributed by atoms with Gasteiger partial charge in [0.15, 0.2) is 0 Å². The first-order valence-corrected chi connectivity index (χ1v) is 6.05. The van der Waals surface area contributed by atoms with Crippen LogP contribution in [0.1, 0.15) is 23.9 Å². The largest absolute Gasteiger partial charge is 0.506 e. The molecule has 0 spiro atoms. The molecule has 0 aliphatic carbocycles. The number of hydrogen-bond acceptors (Lipinski definition) is 4. The van der Waals surface area contributed by atoms with Crippen LogP contribution in [-0.2, 0) is 26.6 Å². The van der Waals surface area contributed by atoms with Gasteiger partial charge < -0.3 is 10.4 Å². The van der Waals surface area contributed by atoms with E-state index in [4.69, 9.17) is 5.11 Å². The van der Waals surface area contributed by atoms with Crippen molar-refractivity contribution in [2.24, 2.45) is 7.05 Å². The quantitative estimate of drug-likeness (QED) is 0.836. The standard InChI is InChI=1S/C13H18N4O/c1-3-13-10(9-17(2)16-13)6-14-7-11-4-5-12(18)8-15-11/h4-5,8-9,14,18H,3,6-7H2,1-2H3. The van der Waals surface area contributed by atoms with Gasteiger partial charge in [-0.15, -0.1) is 0 Å². The molecule has 0 atom stereocenters. The molecule has 2 rings (SSSR count). The molecule has 0 aliphatic rings. The van der Waals surface area contributed by atoms with E-state index in [0.29, 0.717) is 6.54 Å². The van der Waals surface area contributed by atoms with E-state index in [-0.39, 0.29) is 5.75 Å². The number of nitrogens with one attached hydrogen (secondary N) is 1. The molecule has 2 heterocycles. The van der Waals surface area contributed by atoms with E-state index in [9.17, 15) is 0 Å². The Labute approximate surface area is 106 Å². The molecular weight excluding hydrogens is 228 g/mol. The van der Waals surface area contributed by atoms with E-state index in [0.717, 1.165) is 24.4 Å². The number of aryl methyl sites for hydroxylation is 2. The molecule has 0 saturated heterocycles. The molecule has 0 saturated carbocycles. The molecule has 96 valence electrons. The Balaban J connectivity index is 1.90. The van der Waals surface area contributed by atoms with Gasteiger partial charge in [0.1, 0.15) is 5.75 Å². The van der Waals surface area contributed by atoms with E-state index < -0.39 is 0 Å². The third kappa shape index (κ3) is 3.07. The molecule has 0 aliphatic heterocycles. The number of aromatic nitrogens is 3. The fourth-order valence-electron chi connectivity index (χ4n) is 1.88. The van der Waals surface area contributed by atoms with Gasteiger partial charge >= 0.3 is 0 Å². The number of pyridine rings is 1. The lowest BCUT2D eigenvalue weighted by Gasteiger charge is -2.04. The Bertz CT molecular complexity index is 504. The first-order chi connectivity index (χ1) is 8.69. The summed E-state index contributed by atoms with van der Waals surface area (Å²) in [6.07, 6.45) is 4.43. The third-order valence-corrected chi connectivity index (χ3v) is 2.76. The van der Waals surface area contributed by atoms with Crippen molar-refractivity contribution in [1.82, 2.24) is 20.1 Å². The maximum atomic E-state index is 9.14. The Hall–Kier alpha value is -1.88. The van der Waals surface area contributed by atoms with Gasteiger partial charge in [-0.2, -0.15) is 5.10 Å². The van der Waals surface area contributed by atoms with E-state index in [2.05, 4.69) is 22.3 Å². The summed E-state index contributed by atoms with van der Waals surface area (Å²) in [7, 11) is 1.93. The highest BCUT2D eigenvalue weighted by atomic mass is 16.3. The van der Waals surface area contributed by atoms with E-state index in [1.807, 2.05) is 24.0 Å². The van der Waals surface area contributed by atoms with E-state index in [1.54, 1.807) is 6.07 Å². The predicted molar refractivity (Wildman–Crippen MR) is 69.0 cm³/mol. The van der Waals surface area contributed by atoms with Crippen molar-refractivity contribution in [1.29, 1.82) is 0 Å². The molecule has 2 aromatic heterocycles. The molecule has 2 aromatic rings. The van der Waals surface area contributed by atoms with Gasteiger partial charge in [-0.25, -0.2) is 0 Å². The summed E-state index contributed by atoms with van der Waals surface area (Å²) in [5.74, 6) is 0.194. The third-order valence-electron chi connectivity index (χ3n) is 2.76. The lowest BCUT2D eigenvalue weighted by atomic mass is 10.2. The van der Waals surface area contributed by atoms with Crippen LogP contribution in [0.25, 0.3) is 0 Å². The highest BCUT2D eigenvalue weighted by molar-refractivity contribution is 5.19. The lowest BCUT2D eigenvalue weighted by molar-refractivity contribution is 0.471. The van der Waals surface area contributed by atoms with Crippen molar-refractivity contribution in [2.75, 3.05) is 0 Å². The predicted octanol–water partition coefficient (Wildman–Crippen LogP) is 1.37. The monoisotopic (exact) mass is 246 g/mol. The van der Waals surface area contributed by atoms with Crippen LogP contribution in [0, 0.1) is 0 Å². The van der Waals surface area contributed by atoms with Crippen LogP contribution in [0.15, 0.2) is 24.5 Å². The zero-order valence-corrected chi connectivity index (χ0v) is 10.7. The van der Waals surface area contributed by atoms with Gasteiger partial charge in [-0.1, -0.05) is 6.92 Å². The first-order valence-electron chi connectivity index (χ1n) is 6.05. The second kappa shape index (κ2) is 5.64. The number of hydrogen-bond donors (Lipinski definition) is 2. The van der Waals surface area contributed by atoms with Crippen LogP contribution in [0.2, 0.25) is 0 Å². The van der Waals surface area contributed by atoms with Crippen molar-refractivity contribution in [3.63, 3.8) is 0 Å². The molecule has 5 heteroatoms. The van der Waals surface area contributed by atoms with Crippen LogP contribution in [0.5, 0.6) is 5.75 Å². The normalized spacial score (nSPS) is 10.8. The van der Waals surface area contributed by atoms with Crippen molar-refractivity contribution < 1.29 is 5.11 Å². The van der Waals surface area contributed by atoms with Crippen LogP contribution in [-0.4, -0.2) is 19.9 Å². The van der Waals surface area contributed by atoms with Gasteiger partial charge in [-0.05, 0) is 18.6 Å². The van der Waals surface area contributed by atoms with Gasteiger partial charge in [-0.3, -0.25) is 9.67 Å². The van der Waals surface area contributed by atoms with Gasteiger partial charge in [0.25, 0.3) is 0 Å². The Kier molecular flexibility index (Phi) is 3.94. The molecule has 18 heavy (non-hydrogen) atoms. The fourth-order valence-corrected chi connectivity index (χ4v) is 1.88. The zero-order chi connectivity index (χ0) is 13.0. The second-order valence-corrected chi connectivity index (χ2v) is 4.24. The molecule has 0 aromatic carbocycles. The molecule has 2 N–H and O–H groups in total. The second-order valence-electron chi connectivity index (χ2n) is 4.24. The molecule has 0 amide bonds. The number of nitrogens with zero attached hydrogens (tertiary/aromatic N) is 3. The van der Waals surface area contributed by atoms with Crippen LogP contribution < -0.4 is 5.32 Å². The van der Waals surface area contributed by atoms with Crippen molar-refractivity contribution >= 4 is 0 Å². The number of aromatic hydroxyl groups is 1. The van der Waals surface area contributed by atoms with Gasteiger partial charge in [0.2, 0.25) is 0 Å². The summed E-state index contributed by atoms with van der Waals surface area (Å²) in [5.41, 5.74) is 3.26. The highest BCUT2D eigenvalue weighted by Crippen LogP contribution is 2.08. The van der Waals surface area contributed by atoms with Crippen molar-refractivity contribution in [3.05, 3.63) is 41.5 Å². The topological polar surface area (TPSA) is 63.0 Å². The van der Waals surface area contributed by atoms with Crippen LogP contribution in [0.4, 0.5) is 0 Å². The Morgan fingerprint density at radius 3 is 2.83 bits per heavy atom. The fraction of sp³-hybridized carbons (Fsp3) is 0.385. The average molecular weight is 246 g/mol. The minimum atomic E-state index is 0.194.